The van der Waals surface area contributed by atoms with Crippen molar-refractivity contribution in [2.75, 3.05) is 19.8 Å². The molecule has 1 aromatic rings. The molecule has 0 N–H and O–H groups in total. The molecule has 0 amide bonds. The van der Waals surface area contributed by atoms with Gasteiger partial charge in [0.1, 0.15) is 0 Å². The van der Waals surface area contributed by atoms with Gasteiger partial charge in [-0.25, -0.2) is 0 Å². The van der Waals surface area contributed by atoms with Crippen molar-refractivity contribution in [3.05, 3.63) is 35.4 Å². The van der Waals surface area contributed by atoms with Gasteiger partial charge in [-0.05, 0) is 17.0 Å². The zero-order valence-corrected chi connectivity index (χ0v) is 11.0. The molecule has 2 heteroatoms. The maximum Gasteiger partial charge on any atom is 0.0717 e. The summed E-state index contributed by atoms with van der Waals surface area (Å²) in [5, 5.41) is 0. The summed E-state index contributed by atoms with van der Waals surface area (Å²) in [7, 11) is 0. The summed E-state index contributed by atoms with van der Waals surface area (Å²) in [4.78, 5) is 0. The van der Waals surface area contributed by atoms with Crippen LogP contribution in [0.5, 0.6) is 0 Å². The van der Waals surface area contributed by atoms with E-state index in [2.05, 4.69) is 45.0 Å². The van der Waals surface area contributed by atoms with Gasteiger partial charge in [0.2, 0.25) is 0 Å². The highest BCUT2D eigenvalue weighted by Gasteiger charge is 2.33. The molecule has 2 nitrogen and oxygen atoms in total. The Bertz CT molecular complexity index is 367. The highest BCUT2D eigenvalue weighted by molar-refractivity contribution is 5.25. The molecule has 0 spiro atoms. The van der Waals surface area contributed by atoms with E-state index >= 15 is 0 Å². The molecule has 1 saturated heterocycles. The van der Waals surface area contributed by atoms with E-state index < -0.39 is 0 Å². The molecule has 0 unspecified atom stereocenters. The van der Waals surface area contributed by atoms with Crippen molar-refractivity contribution in [2.45, 2.75) is 40.7 Å². The minimum atomic E-state index is 0. The normalized spacial score (nSPS) is 17.1. The Morgan fingerprint density at radius 2 is 2.06 bits per heavy atom. The van der Waals surface area contributed by atoms with Crippen molar-refractivity contribution in [3.8, 4) is 0 Å². The van der Waals surface area contributed by atoms with Gasteiger partial charge in [0.25, 0.3) is 0 Å². The summed E-state index contributed by atoms with van der Waals surface area (Å²) >= 11 is 0. The van der Waals surface area contributed by atoms with E-state index in [0.29, 0.717) is 12.5 Å². The average molecular weight is 250 g/mol. The number of hydrogen-bond acceptors (Lipinski definition) is 2. The van der Waals surface area contributed by atoms with Crippen molar-refractivity contribution in [3.63, 3.8) is 0 Å². The molecule has 1 aliphatic heterocycles. The molecular weight excluding hydrogens is 224 g/mol. The van der Waals surface area contributed by atoms with Gasteiger partial charge in [-0.1, -0.05) is 52.5 Å². The molecule has 0 aliphatic carbocycles. The summed E-state index contributed by atoms with van der Waals surface area (Å²) < 4.78 is 11.0. The highest BCUT2D eigenvalue weighted by Crippen LogP contribution is 2.27. The summed E-state index contributed by atoms with van der Waals surface area (Å²) in [6, 6.07) is 8.66. The lowest BCUT2D eigenvalue weighted by Gasteiger charge is -2.37. The van der Waals surface area contributed by atoms with Gasteiger partial charge in [-0.3, -0.25) is 0 Å². The topological polar surface area (TPSA) is 18.5 Å². The van der Waals surface area contributed by atoms with Crippen molar-refractivity contribution < 1.29 is 9.47 Å². The van der Waals surface area contributed by atoms with Crippen LogP contribution >= 0.6 is 0 Å². The van der Waals surface area contributed by atoms with E-state index in [1.165, 1.54) is 11.1 Å². The summed E-state index contributed by atoms with van der Waals surface area (Å²) in [5.41, 5.74) is 2.89. The SMILES string of the molecule is C.CC(C)c1cccc(COCC2(C)COC2)c1. The number of benzene rings is 1. The number of hydrogen-bond donors (Lipinski definition) is 0. The molecule has 1 aliphatic rings. The smallest absolute Gasteiger partial charge is 0.0717 e. The van der Waals surface area contributed by atoms with Crippen molar-refractivity contribution in [2.24, 2.45) is 5.41 Å². The van der Waals surface area contributed by atoms with Crippen LogP contribution in [0.2, 0.25) is 0 Å². The molecular formula is C16H26O2. The van der Waals surface area contributed by atoms with Crippen LogP contribution < -0.4 is 0 Å². The fourth-order valence-electron chi connectivity index (χ4n) is 1.99. The molecule has 0 atom stereocenters. The first-order chi connectivity index (χ1) is 8.09. The van der Waals surface area contributed by atoms with Gasteiger partial charge in [0.15, 0.2) is 0 Å². The first kappa shape index (κ1) is 15.2. The van der Waals surface area contributed by atoms with E-state index in [0.717, 1.165) is 19.8 Å². The van der Waals surface area contributed by atoms with E-state index in [4.69, 9.17) is 9.47 Å². The number of ether oxygens (including phenoxy) is 2. The predicted octanol–water partition coefficient (Wildman–Crippen LogP) is 4.00. The maximum atomic E-state index is 5.78. The largest absolute Gasteiger partial charge is 0.380 e. The Labute approximate surface area is 111 Å². The standard InChI is InChI=1S/C15H22O2.CH4/c1-12(2)14-6-4-5-13(7-14)8-16-9-15(3)10-17-11-15;/h4-7,12H,8-11H2,1-3H3;1H4. The Hall–Kier alpha value is -0.860. The molecule has 0 saturated carbocycles. The van der Waals surface area contributed by atoms with E-state index in [9.17, 15) is 0 Å². The van der Waals surface area contributed by atoms with Gasteiger partial charge in [-0.15, -0.1) is 0 Å². The summed E-state index contributed by atoms with van der Waals surface area (Å²) in [6.07, 6.45) is 0. The first-order valence-electron chi connectivity index (χ1n) is 6.33. The zero-order chi connectivity index (χ0) is 12.3. The van der Waals surface area contributed by atoms with E-state index in [-0.39, 0.29) is 12.8 Å². The predicted molar refractivity (Wildman–Crippen MR) is 75.8 cm³/mol. The zero-order valence-electron chi connectivity index (χ0n) is 11.0. The van der Waals surface area contributed by atoms with Crippen LogP contribution in [0.25, 0.3) is 0 Å². The second kappa shape index (κ2) is 6.35. The first-order valence-corrected chi connectivity index (χ1v) is 6.33. The Morgan fingerprint density at radius 1 is 1.33 bits per heavy atom. The van der Waals surface area contributed by atoms with Crippen LogP contribution in [-0.2, 0) is 16.1 Å². The van der Waals surface area contributed by atoms with E-state index in [1.54, 1.807) is 0 Å². The average Bonchev–Trinajstić information content (AvgIpc) is 2.27. The molecule has 0 radical (unpaired) electrons. The number of rotatable bonds is 5. The Morgan fingerprint density at radius 3 is 2.61 bits per heavy atom. The van der Waals surface area contributed by atoms with Gasteiger partial charge in [0, 0.05) is 5.41 Å². The van der Waals surface area contributed by atoms with Crippen molar-refractivity contribution >= 4 is 0 Å². The van der Waals surface area contributed by atoms with Crippen LogP contribution in [0.4, 0.5) is 0 Å². The molecule has 2 rings (SSSR count). The lowest BCUT2D eigenvalue weighted by molar-refractivity contribution is -0.140. The second-order valence-electron chi connectivity index (χ2n) is 5.70. The monoisotopic (exact) mass is 250 g/mol. The molecule has 0 aromatic heterocycles. The third-order valence-corrected chi connectivity index (χ3v) is 3.24. The third kappa shape index (κ3) is 3.82. The summed E-state index contributed by atoms with van der Waals surface area (Å²) in [5.74, 6) is 0.576. The van der Waals surface area contributed by atoms with Crippen LogP contribution in [-0.4, -0.2) is 19.8 Å². The molecule has 1 fully saturated rings. The molecule has 1 aromatic carbocycles. The Kier molecular flexibility index (Phi) is 5.36. The second-order valence-corrected chi connectivity index (χ2v) is 5.70. The minimum absolute atomic E-state index is 0. The molecule has 1 heterocycles. The summed E-state index contributed by atoms with van der Waals surface area (Å²) in [6.45, 7) is 9.80. The maximum absolute atomic E-state index is 5.78. The Balaban J connectivity index is 0.00000162. The molecule has 18 heavy (non-hydrogen) atoms. The van der Waals surface area contributed by atoms with Crippen molar-refractivity contribution in [1.29, 1.82) is 0 Å². The van der Waals surface area contributed by atoms with Gasteiger partial charge in [0.05, 0.1) is 26.4 Å². The van der Waals surface area contributed by atoms with Gasteiger partial charge >= 0.3 is 0 Å². The van der Waals surface area contributed by atoms with Crippen LogP contribution in [0.3, 0.4) is 0 Å². The van der Waals surface area contributed by atoms with Crippen molar-refractivity contribution in [1.82, 2.24) is 0 Å². The molecule has 102 valence electrons. The molecule has 0 bridgehead atoms. The van der Waals surface area contributed by atoms with Crippen LogP contribution in [0, 0.1) is 5.41 Å². The van der Waals surface area contributed by atoms with E-state index in [1.807, 2.05) is 0 Å². The highest BCUT2D eigenvalue weighted by atomic mass is 16.5. The fraction of sp³-hybridized carbons (Fsp3) is 0.625. The van der Waals surface area contributed by atoms with Crippen LogP contribution in [0.1, 0.15) is 45.2 Å². The third-order valence-electron chi connectivity index (χ3n) is 3.24. The fourth-order valence-corrected chi connectivity index (χ4v) is 1.99. The van der Waals surface area contributed by atoms with Crippen LogP contribution in [0.15, 0.2) is 24.3 Å². The quantitative estimate of drug-likeness (QED) is 0.786. The van der Waals surface area contributed by atoms with Gasteiger partial charge < -0.3 is 9.47 Å². The minimum Gasteiger partial charge on any atom is -0.380 e. The lowest BCUT2D eigenvalue weighted by Crippen LogP contribution is -2.43. The van der Waals surface area contributed by atoms with Gasteiger partial charge in [-0.2, -0.15) is 0 Å². The lowest BCUT2D eigenvalue weighted by atomic mass is 9.90.